The third kappa shape index (κ3) is 3.69. The Morgan fingerprint density at radius 3 is 2.71 bits per heavy atom. The molecule has 5 nitrogen and oxygen atoms in total. The molecule has 2 aromatic carbocycles. The molecule has 0 saturated heterocycles. The molecule has 0 spiro atoms. The number of nitrogens with one attached hydrogen (secondary N) is 1. The molecule has 0 radical (unpaired) electrons. The topological polar surface area (TPSA) is 64.4 Å². The van der Waals surface area contributed by atoms with Gasteiger partial charge in [-0.15, -0.1) is 0 Å². The molecule has 0 fully saturated rings. The summed E-state index contributed by atoms with van der Waals surface area (Å²) in [7, 11) is 1.36. The Morgan fingerprint density at radius 2 is 2.10 bits per heavy atom. The zero-order valence-electron chi connectivity index (χ0n) is 11.1. The van der Waals surface area contributed by atoms with Crippen LogP contribution in [0.3, 0.4) is 0 Å². The average Bonchev–Trinajstić information content (AvgIpc) is 2.45. The van der Waals surface area contributed by atoms with Gasteiger partial charge in [-0.3, -0.25) is 10.1 Å². The minimum absolute atomic E-state index is 0.113. The minimum atomic E-state index is -0.517. The van der Waals surface area contributed by atoms with Crippen LogP contribution in [0.15, 0.2) is 40.9 Å². The molecule has 1 N–H and O–H groups in total. The van der Waals surface area contributed by atoms with E-state index in [2.05, 4.69) is 21.2 Å². The number of anilines is 1. The van der Waals surface area contributed by atoms with Crippen LogP contribution < -0.4 is 10.1 Å². The van der Waals surface area contributed by atoms with Gasteiger partial charge < -0.3 is 10.1 Å². The minimum Gasteiger partial charge on any atom is -0.490 e. The van der Waals surface area contributed by atoms with Crippen LogP contribution in [-0.2, 0) is 6.54 Å². The van der Waals surface area contributed by atoms with E-state index in [1.54, 1.807) is 18.2 Å². The van der Waals surface area contributed by atoms with Gasteiger partial charge in [0.1, 0.15) is 5.82 Å². The highest BCUT2D eigenvalue weighted by Gasteiger charge is 2.14. The molecular weight excluding hydrogens is 343 g/mol. The first-order valence-corrected chi connectivity index (χ1v) is 6.81. The van der Waals surface area contributed by atoms with Crippen molar-refractivity contribution in [2.75, 3.05) is 12.4 Å². The maximum Gasteiger partial charge on any atom is 0.311 e. The zero-order chi connectivity index (χ0) is 15.4. The molecule has 0 atom stereocenters. The molecule has 2 rings (SSSR count). The van der Waals surface area contributed by atoms with Gasteiger partial charge in [0, 0.05) is 34.4 Å². The van der Waals surface area contributed by atoms with E-state index in [-0.39, 0.29) is 23.8 Å². The molecule has 110 valence electrons. The van der Waals surface area contributed by atoms with Crippen LogP contribution in [0.5, 0.6) is 5.75 Å². The summed E-state index contributed by atoms with van der Waals surface area (Å²) in [6.07, 6.45) is 0. The van der Waals surface area contributed by atoms with Crippen molar-refractivity contribution in [1.82, 2.24) is 0 Å². The fourth-order valence-electron chi connectivity index (χ4n) is 1.80. The highest BCUT2D eigenvalue weighted by molar-refractivity contribution is 9.10. The fourth-order valence-corrected chi connectivity index (χ4v) is 2.13. The van der Waals surface area contributed by atoms with Crippen molar-refractivity contribution in [2.24, 2.45) is 0 Å². The van der Waals surface area contributed by atoms with Crippen molar-refractivity contribution in [3.63, 3.8) is 0 Å². The first-order chi connectivity index (χ1) is 10.0. The lowest BCUT2D eigenvalue weighted by Crippen LogP contribution is -2.02. The summed E-state index contributed by atoms with van der Waals surface area (Å²) in [4.78, 5) is 10.3. The van der Waals surface area contributed by atoms with Gasteiger partial charge in [-0.2, -0.15) is 0 Å². The summed E-state index contributed by atoms with van der Waals surface area (Å²) < 4.78 is 19.3. The number of nitrogens with zero attached hydrogens (tertiary/aromatic N) is 1. The third-order valence-corrected chi connectivity index (χ3v) is 3.37. The zero-order valence-corrected chi connectivity index (χ0v) is 12.7. The molecule has 0 bridgehead atoms. The summed E-state index contributed by atoms with van der Waals surface area (Å²) in [6.45, 7) is 0.264. The van der Waals surface area contributed by atoms with E-state index >= 15 is 0 Å². The molecule has 0 aliphatic heterocycles. The van der Waals surface area contributed by atoms with E-state index in [0.29, 0.717) is 15.7 Å². The number of hydrogen-bond donors (Lipinski definition) is 1. The number of rotatable bonds is 5. The number of methoxy groups -OCH3 is 1. The molecule has 2 aromatic rings. The van der Waals surface area contributed by atoms with E-state index in [0.717, 1.165) is 0 Å². The highest BCUT2D eigenvalue weighted by Crippen LogP contribution is 2.30. The Kier molecular flexibility index (Phi) is 4.74. The van der Waals surface area contributed by atoms with Crippen molar-refractivity contribution >= 4 is 27.3 Å². The maximum absolute atomic E-state index is 13.7. The number of nitro benzene ring substituents is 1. The monoisotopic (exact) mass is 354 g/mol. The number of hydrogen-bond acceptors (Lipinski definition) is 4. The fraction of sp³-hybridized carbons (Fsp3) is 0.143. The van der Waals surface area contributed by atoms with Gasteiger partial charge >= 0.3 is 5.69 Å². The van der Waals surface area contributed by atoms with Crippen molar-refractivity contribution in [3.8, 4) is 5.75 Å². The Bertz CT molecular complexity index is 679. The molecule has 0 saturated carbocycles. The molecule has 21 heavy (non-hydrogen) atoms. The van der Waals surface area contributed by atoms with Gasteiger partial charge in [0.25, 0.3) is 0 Å². The van der Waals surface area contributed by atoms with Gasteiger partial charge in [-0.05, 0) is 18.2 Å². The maximum atomic E-state index is 13.7. The Morgan fingerprint density at radius 1 is 1.33 bits per heavy atom. The predicted molar refractivity (Wildman–Crippen MR) is 81.1 cm³/mol. The SMILES string of the molecule is COc1cc(NCc2ccc(Br)cc2F)ccc1[N+](=O)[O-]. The van der Waals surface area contributed by atoms with E-state index in [1.807, 2.05) is 0 Å². The van der Waals surface area contributed by atoms with Crippen LogP contribution in [0.4, 0.5) is 15.8 Å². The number of ether oxygens (including phenoxy) is 1. The number of halogens is 2. The van der Waals surface area contributed by atoms with Crippen LogP contribution in [0.2, 0.25) is 0 Å². The highest BCUT2D eigenvalue weighted by atomic mass is 79.9. The molecule has 0 aliphatic rings. The first-order valence-electron chi connectivity index (χ1n) is 6.01. The average molecular weight is 355 g/mol. The summed E-state index contributed by atoms with van der Waals surface area (Å²) in [6, 6.07) is 9.20. The second kappa shape index (κ2) is 6.53. The molecule has 0 aliphatic carbocycles. The van der Waals surface area contributed by atoms with Crippen LogP contribution in [0.25, 0.3) is 0 Å². The van der Waals surface area contributed by atoms with E-state index in [9.17, 15) is 14.5 Å². The van der Waals surface area contributed by atoms with Crippen molar-refractivity contribution in [1.29, 1.82) is 0 Å². The van der Waals surface area contributed by atoms with Gasteiger partial charge in [-0.1, -0.05) is 22.0 Å². The lowest BCUT2D eigenvalue weighted by atomic mass is 10.2. The standard InChI is InChI=1S/C14H12BrFN2O3/c1-21-14-7-11(4-5-13(14)18(19)20)17-8-9-2-3-10(15)6-12(9)16/h2-7,17H,8H2,1H3. The van der Waals surface area contributed by atoms with Gasteiger partial charge in [-0.25, -0.2) is 4.39 Å². The molecule has 0 unspecified atom stereocenters. The summed E-state index contributed by atoms with van der Waals surface area (Å²) in [5.41, 5.74) is 0.994. The number of nitro groups is 1. The van der Waals surface area contributed by atoms with Gasteiger partial charge in [0.15, 0.2) is 5.75 Å². The largest absolute Gasteiger partial charge is 0.490 e. The van der Waals surface area contributed by atoms with Crippen LogP contribution in [0.1, 0.15) is 5.56 Å². The Hall–Kier alpha value is -2.15. The van der Waals surface area contributed by atoms with E-state index in [1.165, 1.54) is 25.3 Å². The predicted octanol–water partition coefficient (Wildman–Crippen LogP) is 4.12. The van der Waals surface area contributed by atoms with E-state index < -0.39 is 4.92 Å². The molecule has 0 amide bonds. The first kappa shape index (κ1) is 15.2. The molecule has 0 heterocycles. The van der Waals surface area contributed by atoms with Crippen LogP contribution in [0, 0.1) is 15.9 Å². The van der Waals surface area contributed by atoms with Gasteiger partial charge in [0.05, 0.1) is 12.0 Å². The Balaban J connectivity index is 2.15. The second-order valence-electron chi connectivity index (χ2n) is 4.23. The smallest absolute Gasteiger partial charge is 0.311 e. The second-order valence-corrected chi connectivity index (χ2v) is 5.15. The number of benzene rings is 2. The summed E-state index contributed by atoms with van der Waals surface area (Å²) in [5, 5.41) is 13.8. The molecular formula is C14H12BrFN2O3. The normalized spacial score (nSPS) is 10.2. The van der Waals surface area contributed by atoms with Crippen molar-refractivity contribution in [2.45, 2.75) is 6.54 Å². The summed E-state index contributed by atoms with van der Waals surface area (Å²) >= 11 is 3.19. The lowest BCUT2D eigenvalue weighted by Gasteiger charge is -2.09. The molecule has 0 aromatic heterocycles. The van der Waals surface area contributed by atoms with Crippen LogP contribution in [-0.4, -0.2) is 12.0 Å². The Labute approximate surface area is 129 Å². The molecule has 7 heteroatoms. The van der Waals surface area contributed by atoms with Crippen LogP contribution >= 0.6 is 15.9 Å². The van der Waals surface area contributed by atoms with Crippen molar-refractivity contribution in [3.05, 3.63) is 62.4 Å². The summed E-state index contributed by atoms with van der Waals surface area (Å²) in [5.74, 6) is -0.174. The van der Waals surface area contributed by atoms with Crippen molar-refractivity contribution < 1.29 is 14.1 Å². The van der Waals surface area contributed by atoms with Gasteiger partial charge in [0.2, 0.25) is 0 Å². The lowest BCUT2D eigenvalue weighted by molar-refractivity contribution is -0.385. The quantitative estimate of drug-likeness (QED) is 0.647. The van der Waals surface area contributed by atoms with E-state index in [4.69, 9.17) is 4.74 Å². The third-order valence-electron chi connectivity index (χ3n) is 2.87.